The molecule has 0 amide bonds. The molecule has 0 bridgehead atoms. The van der Waals surface area contributed by atoms with Crippen LogP contribution >= 0.6 is 0 Å². The molecule has 1 aromatic heterocycles. The second-order valence-electron chi connectivity index (χ2n) is 8.00. The van der Waals surface area contributed by atoms with Crippen molar-refractivity contribution in [2.45, 2.75) is 19.4 Å². The quantitative estimate of drug-likeness (QED) is 0.489. The summed E-state index contributed by atoms with van der Waals surface area (Å²) in [6.07, 6.45) is 2.03. The van der Waals surface area contributed by atoms with E-state index in [4.69, 9.17) is 14.9 Å². The standard InChI is InChI=1S/C22H22FN3O8/c23-14-9-13-18-21(34-8-7-26(18)11-12(20(13)31)1-2-16(27)28)19(14)25-5-3-24(4-6-25)15(22(32)33)10-17(29)30/h9-11H,1-8H2,(H,27,28)(H,29,30)(H,32,33)/b15-10+. The van der Waals surface area contributed by atoms with E-state index in [0.717, 1.165) is 6.07 Å². The minimum Gasteiger partial charge on any atom is -0.487 e. The second-order valence-corrected chi connectivity index (χ2v) is 8.00. The van der Waals surface area contributed by atoms with Crippen LogP contribution in [-0.2, 0) is 27.3 Å². The third kappa shape index (κ3) is 4.26. The molecule has 1 saturated heterocycles. The summed E-state index contributed by atoms with van der Waals surface area (Å²) < 4.78 is 22.9. The lowest BCUT2D eigenvalue weighted by atomic mass is 10.0. The number of nitrogens with zero attached hydrogens (tertiary/aromatic N) is 3. The Balaban J connectivity index is 1.70. The number of aryl methyl sites for hydroxylation is 1. The number of halogens is 1. The van der Waals surface area contributed by atoms with Crippen molar-refractivity contribution in [2.75, 3.05) is 37.7 Å². The molecular weight excluding hydrogens is 453 g/mol. The van der Waals surface area contributed by atoms with Crippen LogP contribution in [0.1, 0.15) is 12.0 Å². The average Bonchev–Trinajstić information content (AvgIpc) is 2.78. The summed E-state index contributed by atoms with van der Waals surface area (Å²) in [4.78, 5) is 49.4. The Hall–Kier alpha value is -4.09. The first-order valence-electron chi connectivity index (χ1n) is 10.6. The molecule has 2 aromatic rings. The molecule has 3 heterocycles. The molecule has 4 rings (SSSR count). The van der Waals surface area contributed by atoms with E-state index < -0.39 is 29.2 Å². The number of hydrogen-bond acceptors (Lipinski definition) is 7. The number of aromatic nitrogens is 1. The van der Waals surface area contributed by atoms with Crippen LogP contribution in [0.5, 0.6) is 5.75 Å². The van der Waals surface area contributed by atoms with Crippen LogP contribution in [0, 0.1) is 5.82 Å². The largest absolute Gasteiger partial charge is 0.487 e. The summed E-state index contributed by atoms with van der Waals surface area (Å²) in [5, 5.41) is 27.3. The van der Waals surface area contributed by atoms with Crippen LogP contribution in [0.3, 0.4) is 0 Å². The van der Waals surface area contributed by atoms with E-state index in [2.05, 4.69) is 0 Å². The number of piperazine rings is 1. The zero-order valence-electron chi connectivity index (χ0n) is 18.0. The van der Waals surface area contributed by atoms with Gasteiger partial charge >= 0.3 is 17.9 Å². The van der Waals surface area contributed by atoms with E-state index in [-0.39, 0.29) is 73.7 Å². The molecule has 0 spiro atoms. The maximum Gasteiger partial charge on any atom is 0.352 e. The number of aliphatic carboxylic acids is 3. The molecule has 1 fully saturated rings. The number of rotatable bonds is 7. The Bertz CT molecular complexity index is 1280. The maximum absolute atomic E-state index is 15.3. The van der Waals surface area contributed by atoms with Crippen molar-refractivity contribution < 1.29 is 38.8 Å². The summed E-state index contributed by atoms with van der Waals surface area (Å²) in [5.74, 6) is -4.26. The summed E-state index contributed by atoms with van der Waals surface area (Å²) in [6, 6.07) is 1.13. The third-order valence-electron chi connectivity index (χ3n) is 5.92. The number of pyridine rings is 1. The molecule has 3 N–H and O–H groups in total. The normalized spacial score (nSPS) is 15.9. The summed E-state index contributed by atoms with van der Waals surface area (Å²) in [7, 11) is 0. The van der Waals surface area contributed by atoms with E-state index in [0.29, 0.717) is 18.1 Å². The number of hydrogen-bond donors (Lipinski definition) is 3. The number of carboxylic acid groups (broad SMARTS) is 3. The van der Waals surface area contributed by atoms with Gasteiger partial charge in [0.05, 0.1) is 23.5 Å². The average molecular weight is 475 g/mol. The fraction of sp³-hybridized carbons (Fsp3) is 0.364. The van der Waals surface area contributed by atoms with E-state index >= 15 is 4.39 Å². The first-order chi connectivity index (χ1) is 16.2. The van der Waals surface area contributed by atoms with Crippen LogP contribution in [-0.4, -0.2) is 75.5 Å². The molecule has 12 heteroatoms. The van der Waals surface area contributed by atoms with Gasteiger partial charge in [0.25, 0.3) is 0 Å². The zero-order chi connectivity index (χ0) is 24.6. The van der Waals surface area contributed by atoms with Crippen LogP contribution in [0.4, 0.5) is 10.1 Å². The Morgan fingerprint density at radius 1 is 1.09 bits per heavy atom. The number of carboxylic acids is 3. The van der Waals surface area contributed by atoms with Crippen molar-refractivity contribution in [3.63, 3.8) is 0 Å². The van der Waals surface area contributed by atoms with E-state index in [9.17, 15) is 24.3 Å². The van der Waals surface area contributed by atoms with Crippen LogP contribution in [0.2, 0.25) is 0 Å². The zero-order valence-corrected chi connectivity index (χ0v) is 18.0. The van der Waals surface area contributed by atoms with Gasteiger partial charge in [0.1, 0.15) is 18.0 Å². The molecule has 0 unspecified atom stereocenters. The number of anilines is 1. The van der Waals surface area contributed by atoms with Gasteiger partial charge in [0.2, 0.25) is 0 Å². The van der Waals surface area contributed by atoms with Crippen molar-refractivity contribution in [3.05, 3.63) is 45.6 Å². The van der Waals surface area contributed by atoms with Crippen LogP contribution in [0.15, 0.2) is 28.8 Å². The molecule has 0 aliphatic carbocycles. The first-order valence-corrected chi connectivity index (χ1v) is 10.6. The number of carbonyl (C=O) groups is 3. The highest BCUT2D eigenvalue weighted by atomic mass is 19.1. The maximum atomic E-state index is 15.3. The van der Waals surface area contributed by atoms with Crippen molar-refractivity contribution in [1.29, 1.82) is 0 Å². The smallest absolute Gasteiger partial charge is 0.352 e. The number of ether oxygens (including phenoxy) is 1. The summed E-state index contributed by atoms with van der Waals surface area (Å²) >= 11 is 0. The van der Waals surface area contributed by atoms with Gasteiger partial charge in [-0.05, 0) is 12.5 Å². The van der Waals surface area contributed by atoms with Crippen molar-refractivity contribution in [3.8, 4) is 5.75 Å². The van der Waals surface area contributed by atoms with Gasteiger partial charge in [-0.2, -0.15) is 0 Å². The highest BCUT2D eigenvalue weighted by Crippen LogP contribution is 2.40. The Morgan fingerprint density at radius 2 is 1.79 bits per heavy atom. The summed E-state index contributed by atoms with van der Waals surface area (Å²) in [5.41, 5.74) is 0.0596. The van der Waals surface area contributed by atoms with Gasteiger partial charge in [0, 0.05) is 44.4 Å². The van der Waals surface area contributed by atoms with Crippen LogP contribution < -0.4 is 15.1 Å². The fourth-order valence-corrected chi connectivity index (χ4v) is 4.40. The molecule has 1 aromatic carbocycles. The first kappa shape index (κ1) is 23.1. The van der Waals surface area contributed by atoms with E-state index in [1.807, 2.05) is 0 Å². The van der Waals surface area contributed by atoms with Gasteiger partial charge in [-0.15, -0.1) is 0 Å². The molecule has 0 saturated carbocycles. The molecule has 11 nitrogen and oxygen atoms in total. The monoisotopic (exact) mass is 475 g/mol. The van der Waals surface area contributed by atoms with Crippen molar-refractivity contribution in [2.24, 2.45) is 0 Å². The highest BCUT2D eigenvalue weighted by Gasteiger charge is 2.30. The SMILES string of the molecule is O=C(O)/C=C(\C(=O)O)N1CCN(c2c(F)cc3c(=O)c(CCC(=O)O)cn4c3c2OCC4)CC1. The topological polar surface area (TPSA) is 150 Å². The predicted molar refractivity (Wildman–Crippen MR) is 117 cm³/mol. The van der Waals surface area contributed by atoms with Gasteiger partial charge < -0.3 is 34.4 Å². The minimum atomic E-state index is -1.38. The van der Waals surface area contributed by atoms with Gasteiger partial charge in [0.15, 0.2) is 17.0 Å². The molecule has 180 valence electrons. The lowest BCUT2D eigenvalue weighted by Crippen LogP contribution is -2.47. The van der Waals surface area contributed by atoms with E-state index in [1.165, 1.54) is 4.90 Å². The lowest BCUT2D eigenvalue weighted by molar-refractivity contribution is -0.137. The van der Waals surface area contributed by atoms with Crippen molar-refractivity contribution >= 4 is 34.5 Å². The molecule has 0 atom stereocenters. The predicted octanol–water partition coefficient (Wildman–Crippen LogP) is 0.725. The second kappa shape index (κ2) is 9.04. The van der Waals surface area contributed by atoms with Crippen molar-refractivity contribution in [1.82, 2.24) is 9.47 Å². The Morgan fingerprint density at radius 3 is 2.41 bits per heavy atom. The molecule has 34 heavy (non-hydrogen) atoms. The van der Waals surface area contributed by atoms with Gasteiger partial charge in [-0.25, -0.2) is 14.0 Å². The summed E-state index contributed by atoms with van der Waals surface area (Å²) in [6.45, 7) is 1.31. The Kier molecular flexibility index (Phi) is 6.14. The minimum absolute atomic E-state index is 0.0292. The van der Waals surface area contributed by atoms with Crippen LogP contribution in [0.25, 0.3) is 10.9 Å². The van der Waals surface area contributed by atoms with E-state index in [1.54, 1.807) is 15.7 Å². The molecule has 2 aliphatic heterocycles. The highest BCUT2D eigenvalue weighted by molar-refractivity contribution is 5.94. The van der Waals surface area contributed by atoms with Gasteiger partial charge in [-0.1, -0.05) is 0 Å². The fourth-order valence-electron chi connectivity index (χ4n) is 4.40. The third-order valence-corrected chi connectivity index (χ3v) is 5.92. The molecule has 2 aliphatic rings. The molecular formula is C22H22FN3O8. The number of benzene rings is 1. The Labute approximate surface area is 191 Å². The van der Waals surface area contributed by atoms with Gasteiger partial charge in [-0.3, -0.25) is 9.59 Å². The molecule has 0 radical (unpaired) electrons. The lowest BCUT2D eigenvalue weighted by Gasteiger charge is -2.38.